The average Bonchev–Trinajstić information content (AvgIpc) is 2.63. The number of benzene rings is 1. The zero-order chi connectivity index (χ0) is 11.5. The summed E-state index contributed by atoms with van der Waals surface area (Å²) in [6.45, 7) is 0.469. The minimum absolute atomic E-state index is 0.198. The molecule has 5 heteroatoms. The van der Waals surface area contributed by atoms with E-state index in [4.69, 9.17) is 11.6 Å². The highest BCUT2D eigenvalue weighted by molar-refractivity contribution is 6.31. The third kappa shape index (κ3) is 2.28. The first-order valence-corrected chi connectivity index (χ1v) is 5.23. The van der Waals surface area contributed by atoms with Crippen LogP contribution in [0.15, 0.2) is 30.6 Å². The van der Waals surface area contributed by atoms with E-state index in [1.807, 2.05) is 13.2 Å². The summed E-state index contributed by atoms with van der Waals surface area (Å²) in [5.74, 6) is 0.198. The summed E-state index contributed by atoms with van der Waals surface area (Å²) in [5, 5.41) is 17.3. The molecule has 2 aromatic rings. The minimum Gasteiger partial charge on any atom is -0.508 e. The Balaban J connectivity index is 2.10. The topological polar surface area (TPSA) is 50.1 Å². The molecule has 0 bridgehead atoms. The Kier molecular flexibility index (Phi) is 3.01. The van der Waals surface area contributed by atoms with Crippen LogP contribution in [0, 0.1) is 0 Å². The molecular formula is C11H12ClN3O. The molecule has 0 aliphatic heterocycles. The van der Waals surface area contributed by atoms with E-state index in [2.05, 4.69) is 10.4 Å². The van der Waals surface area contributed by atoms with Crippen LogP contribution in [-0.2, 0) is 13.6 Å². The van der Waals surface area contributed by atoms with Gasteiger partial charge in [-0.15, -0.1) is 0 Å². The van der Waals surface area contributed by atoms with Crippen LogP contribution in [0.3, 0.4) is 0 Å². The van der Waals surface area contributed by atoms with Crippen molar-refractivity contribution >= 4 is 17.3 Å². The number of rotatable bonds is 3. The highest BCUT2D eigenvalue weighted by atomic mass is 35.5. The summed E-state index contributed by atoms with van der Waals surface area (Å²) in [7, 11) is 1.85. The van der Waals surface area contributed by atoms with E-state index in [9.17, 15) is 5.11 Å². The molecule has 0 atom stereocenters. The SMILES string of the molecule is Cn1cc(NCc2c(O)cccc2Cl)cn1. The van der Waals surface area contributed by atoms with Crippen molar-refractivity contribution in [3.63, 3.8) is 0 Å². The highest BCUT2D eigenvalue weighted by Gasteiger charge is 2.05. The van der Waals surface area contributed by atoms with E-state index in [-0.39, 0.29) is 5.75 Å². The third-order valence-electron chi connectivity index (χ3n) is 2.27. The van der Waals surface area contributed by atoms with Gasteiger partial charge in [0.15, 0.2) is 0 Å². The lowest BCUT2D eigenvalue weighted by atomic mass is 10.2. The molecule has 0 radical (unpaired) electrons. The Labute approximate surface area is 98.5 Å². The van der Waals surface area contributed by atoms with Crippen molar-refractivity contribution in [3.05, 3.63) is 41.2 Å². The van der Waals surface area contributed by atoms with Gasteiger partial charge in [-0.25, -0.2) is 0 Å². The Bertz CT molecular complexity index is 475. The normalized spacial score (nSPS) is 10.4. The van der Waals surface area contributed by atoms with Gasteiger partial charge in [-0.1, -0.05) is 17.7 Å². The van der Waals surface area contributed by atoms with Gasteiger partial charge in [0.05, 0.1) is 11.9 Å². The number of aryl methyl sites for hydroxylation is 1. The van der Waals surface area contributed by atoms with Gasteiger partial charge in [-0.2, -0.15) is 5.10 Å². The van der Waals surface area contributed by atoms with Crippen molar-refractivity contribution in [1.29, 1.82) is 0 Å². The van der Waals surface area contributed by atoms with Crippen molar-refractivity contribution in [2.24, 2.45) is 7.05 Å². The van der Waals surface area contributed by atoms with Gasteiger partial charge in [-0.05, 0) is 12.1 Å². The van der Waals surface area contributed by atoms with E-state index in [1.54, 1.807) is 29.1 Å². The molecule has 0 amide bonds. The Morgan fingerprint density at radius 1 is 1.50 bits per heavy atom. The third-order valence-corrected chi connectivity index (χ3v) is 2.62. The first-order valence-electron chi connectivity index (χ1n) is 4.85. The second-order valence-corrected chi connectivity index (χ2v) is 3.90. The first kappa shape index (κ1) is 10.8. The maximum atomic E-state index is 9.63. The Morgan fingerprint density at radius 2 is 2.31 bits per heavy atom. The van der Waals surface area contributed by atoms with E-state index in [0.29, 0.717) is 17.1 Å². The molecule has 1 heterocycles. The highest BCUT2D eigenvalue weighted by Crippen LogP contribution is 2.25. The Hall–Kier alpha value is -1.68. The number of hydrogen-bond acceptors (Lipinski definition) is 3. The van der Waals surface area contributed by atoms with Gasteiger partial charge in [-0.3, -0.25) is 4.68 Å². The van der Waals surface area contributed by atoms with Gasteiger partial charge in [0.25, 0.3) is 0 Å². The van der Waals surface area contributed by atoms with Gasteiger partial charge < -0.3 is 10.4 Å². The molecule has 1 aromatic carbocycles. The molecule has 0 saturated carbocycles. The van der Waals surface area contributed by atoms with Crippen molar-refractivity contribution in [1.82, 2.24) is 9.78 Å². The fourth-order valence-electron chi connectivity index (χ4n) is 1.43. The van der Waals surface area contributed by atoms with Crippen molar-refractivity contribution in [2.45, 2.75) is 6.54 Å². The number of phenolic OH excluding ortho intramolecular Hbond substituents is 1. The smallest absolute Gasteiger partial charge is 0.122 e. The zero-order valence-corrected chi connectivity index (χ0v) is 9.57. The van der Waals surface area contributed by atoms with Gasteiger partial charge in [0.1, 0.15) is 5.75 Å². The van der Waals surface area contributed by atoms with E-state index >= 15 is 0 Å². The minimum atomic E-state index is 0.198. The van der Waals surface area contributed by atoms with Gasteiger partial charge >= 0.3 is 0 Å². The van der Waals surface area contributed by atoms with E-state index in [0.717, 1.165) is 5.69 Å². The lowest BCUT2D eigenvalue weighted by molar-refractivity contribution is 0.469. The number of hydrogen-bond donors (Lipinski definition) is 2. The van der Waals surface area contributed by atoms with Crippen LogP contribution in [0.25, 0.3) is 0 Å². The largest absolute Gasteiger partial charge is 0.508 e. The van der Waals surface area contributed by atoms with Crippen molar-refractivity contribution < 1.29 is 5.11 Å². The van der Waals surface area contributed by atoms with Crippen LogP contribution in [-0.4, -0.2) is 14.9 Å². The molecule has 0 unspecified atom stereocenters. The van der Waals surface area contributed by atoms with Crippen molar-refractivity contribution in [3.8, 4) is 5.75 Å². The molecule has 2 rings (SSSR count). The number of nitrogens with zero attached hydrogens (tertiary/aromatic N) is 2. The summed E-state index contributed by atoms with van der Waals surface area (Å²) >= 11 is 5.98. The van der Waals surface area contributed by atoms with Crippen LogP contribution in [0.2, 0.25) is 5.02 Å². The van der Waals surface area contributed by atoms with Crippen LogP contribution in [0.1, 0.15) is 5.56 Å². The fourth-order valence-corrected chi connectivity index (χ4v) is 1.66. The number of aromatic hydroxyl groups is 1. The maximum Gasteiger partial charge on any atom is 0.122 e. The van der Waals surface area contributed by atoms with Crippen LogP contribution in [0.4, 0.5) is 5.69 Å². The predicted molar refractivity (Wildman–Crippen MR) is 63.7 cm³/mol. The molecule has 84 valence electrons. The van der Waals surface area contributed by atoms with Crippen LogP contribution in [0.5, 0.6) is 5.75 Å². The molecule has 2 N–H and O–H groups in total. The fraction of sp³-hybridized carbons (Fsp3) is 0.182. The predicted octanol–water partition coefficient (Wildman–Crippen LogP) is 2.39. The van der Waals surface area contributed by atoms with Crippen LogP contribution >= 0.6 is 11.6 Å². The summed E-state index contributed by atoms with van der Waals surface area (Å²) in [6.07, 6.45) is 3.57. The molecule has 0 spiro atoms. The number of anilines is 1. The molecule has 0 aliphatic rings. The first-order chi connectivity index (χ1) is 7.66. The molecule has 1 aromatic heterocycles. The Morgan fingerprint density at radius 3 is 2.94 bits per heavy atom. The molecular weight excluding hydrogens is 226 g/mol. The summed E-state index contributed by atoms with van der Waals surface area (Å²) in [6, 6.07) is 5.08. The van der Waals surface area contributed by atoms with E-state index < -0.39 is 0 Å². The molecule has 0 saturated heterocycles. The standard InChI is InChI=1S/C11H12ClN3O/c1-15-7-8(5-14-15)13-6-9-10(12)3-2-4-11(9)16/h2-5,7,13,16H,6H2,1H3. The number of nitrogens with one attached hydrogen (secondary N) is 1. The number of phenols is 1. The second-order valence-electron chi connectivity index (χ2n) is 3.49. The molecule has 0 aliphatic carbocycles. The summed E-state index contributed by atoms with van der Waals surface area (Å²) in [5.41, 5.74) is 1.58. The second kappa shape index (κ2) is 4.45. The van der Waals surface area contributed by atoms with E-state index in [1.165, 1.54) is 0 Å². The summed E-state index contributed by atoms with van der Waals surface area (Å²) < 4.78 is 1.70. The quantitative estimate of drug-likeness (QED) is 0.862. The average molecular weight is 238 g/mol. The lowest BCUT2D eigenvalue weighted by Gasteiger charge is -2.07. The van der Waals surface area contributed by atoms with Crippen molar-refractivity contribution in [2.75, 3.05) is 5.32 Å². The maximum absolute atomic E-state index is 9.63. The lowest BCUT2D eigenvalue weighted by Crippen LogP contribution is -1.99. The zero-order valence-electron chi connectivity index (χ0n) is 8.81. The molecule has 16 heavy (non-hydrogen) atoms. The monoisotopic (exact) mass is 237 g/mol. The summed E-state index contributed by atoms with van der Waals surface area (Å²) in [4.78, 5) is 0. The van der Waals surface area contributed by atoms with Gasteiger partial charge in [0.2, 0.25) is 0 Å². The molecule has 4 nitrogen and oxygen atoms in total. The number of aromatic nitrogens is 2. The molecule has 0 fully saturated rings. The number of halogens is 1. The van der Waals surface area contributed by atoms with Gasteiger partial charge in [0, 0.05) is 30.4 Å². The van der Waals surface area contributed by atoms with Crippen LogP contribution < -0.4 is 5.32 Å².